The highest BCUT2D eigenvalue weighted by molar-refractivity contribution is 7.18. The molecule has 92 valence electrons. The molecule has 0 amide bonds. The molecule has 0 radical (unpaired) electrons. The second-order valence-electron chi connectivity index (χ2n) is 3.56. The van der Waals surface area contributed by atoms with Crippen LogP contribution in [-0.2, 0) is 11.3 Å². The number of thiazole rings is 1. The molecule has 17 heavy (non-hydrogen) atoms. The zero-order valence-corrected chi connectivity index (χ0v) is 12.2. The van der Waals surface area contributed by atoms with Crippen LogP contribution in [0.2, 0.25) is 0 Å². The summed E-state index contributed by atoms with van der Waals surface area (Å²) in [6, 6.07) is 6.04. The van der Waals surface area contributed by atoms with Gasteiger partial charge in [0.1, 0.15) is 16.7 Å². The van der Waals surface area contributed by atoms with Crippen molar-refractivity contribution in [2.75, 3.05) is 7.11 Å². The molecule has 0 fully saturated rings. The number of carbonyl (C=O) groups is 1. The summed E-state index contributed by atoms with van der Waals surface area (Å²) < 4.78 is 8.60. The van der Waals surface area contributed by atoms with Gasteiger partial charge in [0.15, 0.2) is 6.54 Å². The number of methoxy groups -OCH3 is 1. The predicted octanol–water partition coefficient (Wildman–Crippen LogP) is -0.901. The summed E-state index contributed by atoms with van der Waals surface area (Å²) in [5, 5.41) is 1.21. The van der Waals surface area contributed by atoms with Crippen LogP contribution in [0.1, 0.15) is 11.4 Å². The molecule has 1 aromatic heterocycles. The lowest BCUT2D eigenvalue weighted by atomic mass is 10.3. The quantitative estimate of drug-likeness (QED) is 0.541. The van der Waals surface area contributed by atoms with Crippen LogP contribution in [0.15, 0.2) is 18.2 Å². The van der Waals surface area contributed by atoms with Gasteiger partial charge in [0.2, 0.25) is 10.5 Å². The molecule has 3 nitrogen and oxygen atoms in total. The van der Waals surface area contributed by atoms with E-state index >= 15 is 0 Å². The van der Waals surface area contributed by atoms with E-state index in [0.29, 0.717) is 6.42 Å². The Kier molecular flexibility index (Phi) is 5.08. The lowest BCUT2D eigenvalue weighted by molar-refractivity contribution is -0.671. The number of rotatable bonds is 4. The van der Waals surface area contributed by atoms with Crippen LogP contribution in [0.4, 0.5) is 0 Å². The van der Waals surface area contributed by atoms with Gasteiger partial charge in [-0.1, -0.05) is 11.3 Å². The molecule has 0 atom stereocenters. The summed E-state index contributed by atoms with van der Waals surface area (Å²) in [6.07, 6.45) is 1.50. The molecule has 2 rings (SSSR count). The number of halogens is 1. The first-order valence-corrected chi connectivity index (χ1v) is 5.98. The first-order chi connectivity index (χ1) is 7.76. The van der Waals surface area contributed by atoms with Crippen LogP contribution in [0.3, 0.4) is 0 Å². The smallest absolute Gasteiger partial charge is 0.235 e. The predicted molar refractivity (Wildman–Crippen MR) is 64.0 cm³/mol. The molecule has 5 heteroatoms. The molecule has 0 saturated carbocycles. The maximum atomic E-state index is 10.4. The molecular weight excluding hydrogens is 302 g/mol. The normalized spacial score (nSPS) is 10.0. The summed E-state index contributed by atoms with van der Waals surface area (Å²) in [5.74, 6) is 0.852. The fourth-order valence-electron chi connectivity index (χ4n) is 1.76. The molecule has 0 unspecified atom stereocenters. The number of nitrogens with zero attached hydrogens (tertiary/aromatic N) is 1. The number of hydrogen-bond donors (Lipinski definition) is 0. The van der Waals surface area contributed by atoms with Gasteiger partial charge >= 0.3 is 0 Å². The second kappa shape index (κ2) is 6.12. The Balaban J connectivity index is 0.00000144. The number of carbonyl (C=O) groups excluding carboxylic acids is 1. The van der Waals surface area contributed by atoms with E-state index in [2.05, 4.69) is 17.6 Å². The van der Waals surface area contributed by atoms with Crippen LogP contribution in [0, 0.1) is 6.92 Å². The van der Waals surface area contributed by atoms with Crippen molar-refractivity contribution >= 4 is 27.8 Å². The Labute approximate surface area is 115 Å². The van der Waals surface area contributed by atoms with Gasteiger partial charge in [-0.2, -0.15) is 4.57 Å². The van der Waals surface area contributed by atoms with Crippen molar-refractivity contribution in [2.24, 2.45) is 0 Å². The van der Waals surface area contributed by atoms with Gasteiger partial charge in [0.05, 0.1) is 19.6 Å². The molecule has 0 saturated heterocycles. The molecule has 0 N–H and O–H groups in total. The van der Waals surface area contributed by atoms with E-state index < -0.39 is 0 Å². The lowest BCUT2D eigenvalue weighted by Gasteiger charge is -1.97. The van der Waals surface area contributed by atoms with Crippen molar-refractivity contribution < 1.29 is 31.1 Å². The fraction of sp³-hybridized carbons (Fsp3) is 0.333. The second-order valence-corrected chi connectivity index (χ2v) is 4.80. The van der Waals surface area contributed by atoms with Gasteiger partial charge in [-0.15, -0.1) is 0 Å². The summed E-state index contributed by atoms with van der Waals surface area (Å²) in [4.78, 5) is 10.4. The average Bonchev–Trinajstić information content (AvgIpc) is 2.61. The van der Waals surface area contributed by atoms with Gasteiger partial charge in [-0.25, -0.2) is 0 Å². The third kappa shape index (κ3) is 2.84. The molecule has 0 spiro atoms. The summed E-state index contributed by atoms with van der Waals surface area (Å²) >= 11 is 1.74. The summed E-state index contributed by atoms with van der Waals surface area (Å²) in [7, 11) is 1.66. The Bertz CT molecular complexity index is 524. The van der Waals surface area contributed by atoms with E-state index in [1.54, 1.807) is 18.4 Å². The minimum Gasteiger partial charge on any atom is -1.00 e. The zero-order valence-electron chi connectivity index (χ0n) is 9.77. The molecule has 2 aromatic rings. The number of fused-ring (bicyclic) bond motifs is 1. The average molecular weight is 316 g/mol. The van der Waals surface area contributed by atoms with E-state index in [1.165, 1.54) is 9.71 Å². The molecule has 0 aliphatic rings. The van der Waals surface area contributed by atoms with Crippen molar-refractivity contribution in [3.63, 3.8) is 0 Å². The highest BCUT2D eigenvalue weighted by Gasteiger charge is 2.17. The lowest BCUT2D eigenvalue weighted by Crippen LogP contribution is -3.00. The maximum absolute atomic E-state index is 10.4. The summed E-state index contributed by atoms with van der Waals surface area (Å²) in [6.45, 7) is 2.81. The number of aldehydes is 1. The minimum atomic E-state index is 0. The maximum Gasteiger partial charge on any atom is 0.235 e. The first-order valence-electron chi connectivity index (χ1n) is 5.17. The van der Waals surface area contributed by atoms with Crippen LogP contribution in [0.5, 0.6) is 5.75 Å². The minimum absolute atomic E-state index is 0. The standard InChI is InChI=1S/C12H14NO2S.BrH/c1-9-13(6-3-7-14)11-8-10(15-2)4-5-12(11)16-9;/h4-5,7-8H,3,6H2,1-2H3;1H/q+1;/p-1. The van der Waals surface area contributed by atoms with Gasteiger partial charge in [-0.3, -0.25) is 0 Å². The first kappa shape index (κ1) is 14.1. The monoisotopic (exact) mass is 315 g/mol. The number of benzene rings is 1. The van der Waals surface area contributed by atoms with Gasteiger partial charge in [0, 0.05) is 6.92 Å². The van der Waals surface area contributed by atoms with E-state index in [9.17, 15) is 4.79 Å². The number of ether oxygens (including phenoxy) is 1. The zero-order chi connectivity index (χ0) is 11.5. The van der Waals surface area contributed by atoms with Crippen LogP contribution < -0.4 is 26.3 Å². The topological polar surface area (TPSA) is 30.2 Å². The van der Waals surface area contributed by atoms with Crippen molar-refractivity contribution in [3.05, 3.63) is 23.2 Å². The van der Waals surface area contributed by atoms with Gasteiger partial charge in [-0.05, 0) is 12.1 Å². The van der Waals surface area contributed by atoms with Gasteiger partial charge in [0.25, 0.3) is 0 Å². The Morgan fingerprint density at radius 2 is 2.24 bits per heavy atom. The van der Waals surface area contributed by atoms with E-state index in [-0.39, 0.29) is 17.0 Å². The van der Waals surface area contributed by atoms with Crippen molar-refractivity contribution in [3.8, 4) is 5.75 Å². The Hall–Kier alpha value is -0.940. The van der Waals surface area contributed by atoms with Crippen molar-refractivity contribution in [1.29, 1.82) is 0 Å². The third-order valence-corrected chi connectivity index (χ3v) is 3.65. The molecule has 0 aliphatic carbocycles. The molecule has 1 heterocycles. The largest absolute Gasteiger partial charge is 1.00 e. The van der Waals surface area contributed by atoms with Crippen molar-refractivity contribution in [1.82, 2.24) is 0 Å². The number of aromatic nitrogens is 1. The Morgan fingerprint density at radius 3 is 2.88 bits per heavy atom. The molecule has 0 aliphatic heterocycles. The molecule has 0 bridgehead atoms. The van der Waals surface area contributed by atoms with E-state index in [1.807, 2.05) is 12.1 Å². The van der Waals surface area contributed by atoms with E-state index in [4.69, 9.17) is 4.74 Å². The highest BCUT2D eigenvalue weighted by Crippen LogP contribution is 2.24. The highest BCUT2D eigenvalue weighted by atomic mass is 79.9. The summed E-state index contributed by atoms with van der Waals surface area (Å²) in [5.41, 5.74) is 1.14. The van der Waals surface area contributed by atoms with Crippen LogP contribution in [-0.4, -0.2) is 13.4 Å². The van der Waals surface area contributed by atoms with E-state index in [0.717, 1.165) is 24.1 Å². The fourth-order valence-corrected chi connectivity index (χ4v) is 2.79. The molecule has 1 aromatic carbocycles. The Morgan fingerprint density at radius 1 is 1.47 bits per heavy atom. The number of hydrogen-bond acceptors (Lipinski definition) is 3. The SMILES string of the molecule is COc1ccc2sc(C)[n+](CCC=O)c2c1.[Br-]. The van der Waals surface area contributed by atoms with Crippen LogP contribution in [0.25, 0.3) is 10.2 Å². The van der Waals surface area contributed by atoms with Crippen molar-refractivity contribution in [2.45, 2.75) is 19.9 Å². The van der Waals surface area contributed by atoms with Crippen LogP contribution >= 0.6 is 11.3 Å². The number of aryl methyl sites for hydroxylation is 2. The van der Waals surface area contributed by atoms with Gasteiger partial charge < -0.3 is 26.5 Å². The molecular formula is C12H14BrNO2S. The third-order valence-electron chi connectivity index (χ3n) is 2.57.